The molecule has 9 heteroatoms. The molecular weight excluding hydrogens is 420 g/mol. The second-order valence-electron chi connectivity index (χ2n) is 3.66. The number of sulfonamides is 1. The van der Waals surface area contributed by atoms with Crippen molar-refractivity contribution in [2.45, 2.75) is 12.2 Å². The van der Waals surface area contributed by atoms with Gasteiger partial charge in [0.05, 0.1) is 22.3 Å². The zero-order chi connectivity index (χ0) is 14.8. The minimum Gasteiger partial charge on any atom is -0.495 e. The summed E-state index contributed by atoms with van der Waals surface area (Å²) in [7, 11) is -2.20. The van der Waals surface area contributed by atoms with Crippen LogP contribution in [0.15, 0.2) is 21.1 Å². The molecule has 0 saturated carbocycles. The van der Waals surface area contributed by atoms with Gasteiger partial charge in [0.15, 0.2) is 0 Å². The van der Waals surface area contributed by atoms with Crippen LogP contribution in [0, 0.1) is 0 Å². The first-order valence-electron chi connectivity index (χ1n) is 5.03. The van der Waals surface area contributed by atoms with Crippen molar-refractivity contribution in [3.05, 3.63) is 21.1 Å². The summed E-state index contributed by atoms with van der Waals surface area (Å²) in [6.45, 7) is 1.43. The number of methoxy groups -OCH3 is 1. The maximum atomic E-state index is 12.0. The second-order valence-corrected chi connectivity index (χ2v) is 7.84. The van der Waals surface area contributed by atoms with Crippen LogP contribution in [0.25, 0.3) is 0 Å². The SMILES string of the molecule is COc1cc(NS(=O)(=O)C(C)C(N)=S)c(Br)cc1Br. The summed E-state index contributed by atoms with van der Waals surface area (Å²) < 4.78 is 32.9. The Bertz CT molecular complexity index is 605. The van der Waals surface area contributed by atoms with Gasteiger partial charge in [-0.2, -0.15) is 0 Å². The molecule has 0 aromatic heterocycles. The van der Waals surface area contributed by atoms with Crippen LogP contribution in [0.2, 0.25) is 0 Å². The summed E-state index contributed by atoms with van der Waals surface area (Å²) in [6, 6.07) is 3.24. The second kappa shape index (κ2) is 6.38. The number of rotatable bonds is 5. The number of thiocarbonyl (C=S) groups is 1. The summed E-state index contributed by atoms with van der Waals surface area (Å²) in [5, 5.41) is -0.968. The van der Waals surface area contributed by atoms with E-state index in [1.54, 1.807) is 12.1 Å². The minimum absolute atomic E-state index is 0.0901. The van der Waals surface area contributed by atoms with E-state index >= 15 is 0 Å². The van der Waals surface area contributed by atoms with E-state index in [0.29, 0.717) is 20.4 Å². The monoisotopic (exact) mass is 430 g/mol. The Morgan fingerprint density at radius 2 is 2.00 bits per heavy atom. The molecule has 1 aromatic rings. The van der Waals surface area contributed by atoms with Gasteiger partial charge in [-0.15, -0.1) is 0 Å². The van der Waals surface area contributed by atoms with Crippen LogP contribution in [0.5, 0.6) is 5.75 Å². The van der Waals surface area contributed by atoms with Gasteiger partial charge in [-0.25, -0.2) is 8.42 Å². The minimum atomic E-state index is -3.69. The number of ether oxygens (including phenoxy) is 1. The predicted molar refractivity (Wildman–Crippen MR) is 87.2 cm³/mol. The van der Waals surface area contributed by atoms with E-state index < -0.39 is 15.3 Å². The summed E-state index contributed by atoms with van der Waals surface area (Å²) >= 11 is 11.3. The molecule has 0 aliphatic carbocycles. The molecule has 0 spiro atoms. The fraction of sp³-hybridized carbons (Fsp3) is 0.300. The first-order valence-corrected chi connectivity index (χ1v) is 8.57. The van der Waals surface area contributed by atoms with Crippen LogP contribution < -0.4 is 15.2 Å². The number of hydrogen-bond donors (Lipinski definition) is 2. The van der Waals surface area contributed by atoms with E-state index in [-0.39, 0.29) is 4.99 Å². The van der Waals surface area contributed by atoms with Crippen molar-refractivity contribution < 1.29 is 13.2 Å². The lowest BCUT2D eigenvalue weighted by molar-refractivity contribution is 0.412. The predicted octanol–water partition coefficient (Wildman–Crippen LogP) is 2.64. The number of hydrogen-bond acceptors (Lipinski definition) is 4. The highest BCUT2D eigenvalue weighted by atomic mass is 79.9. The summed E-state index contributed by atoms with van der Waals surface area (Å²) in [5.74, 6) is 0.504. The van der Waals surface area contributed by atoms with Gasteiger partial charge >= 0.3 is 0 Å². The lowest BCUT2D eigenvalue weighted by Gasteiger charge is -2.15. The average molecular weight is 432 g/mol. The molecule has 0 aliphatic rings. The topological polar surface area (TPSA) is 81.4 Å². The van der Waals surface area contributed by atoms with Crippen LogP contribution in [-0.4, -0.2) is 25.8 Å². The highest BCUT2D eigenvalue weighted by molar-refractivity contribution is 9.11. The highest BCUT2D eigenvalue weighted by Crippen LogP contribution is 2.35. The molecular formula is C10H12Br2N2O3S2. The van der Waals surface area contributed by atoms with Gasteiger partial charge in [0.2, 0.25) is 10.0 Å². The van der Waals surface area contributed by atoms with Gasteiger partial charge < -0.3 is 10.5 Å². The first kappa shape index (κ1) is 16.7. The average Bonchev–Trinajstić information content (AvgIpc) is 2.31. The third-order valence-corrected chi connectivity index (χ3v) is 5.83. The van der Waals surface area contributed by atoms with E-state index in [4.69, 9.17) is 22.7 Å². The van der Waals surface area contributed by atoms with Crippen LogP contribution in [0.1, 0.15) is 6.92 Å². The molecule has 0 fully saturated rings. The fourth-order valence-electron chi connectivity index (χ4n) is 1.16. The largest absolute Gasteiger partial charge is 0.495 e. The fourth-order valence-corrected chi connectivity index (χ4v) is 3.88. The zero-order valence-corrected chi connectivity index (χ0v) is 14.9. The Labute approximate surface area is 134 Å². The van der Waals surface area contributed by atoms with Crippen LogP contribution in [-0.2, 0) is 10.0 Å². The third kappa shape index (κ3) is 4.04. The van der Waals surface area contributed by atoms with Crippen molar-refractivity contribution in [3.8, 4) is 5.75 Å². The molecule has 1 atom stereocenters. The molecule has 106 valence electrons. The zero-order valence-electron chi connectivity index (χ0n) is 10.1. The molecule has 1 rings (SSSR count). The number of anilines is 1. The van der Waals surface area contributed by atoms with Crippen molar-refractivity contribution in [2.75, 3.05) is 11.8 Å². The quantitative estimate of drug-likeness (QED) is 0.700. The van der Waals surface area contributed by atoms with Crippen LogP contribution >= 0.6 is 44.1 Å². The molecule has 0 saturated heterocycles. The third-order valence-electron chi connectivity index (χ3n) is 2.36. The molecule has 5 nitrogen and oxygen atoms in total. The summed E-state index contributed by atoms with van der Waals surface area (Å²) in [5.41, 5.74) is 5.71. The number of benzene rings is 1. The summed E-state index contributed by atoms with van der Waals surface area (Å²) in [4.78, 5) is -0.0901. The molecule has 1 aromatic carbocycles. The van der Waals surface area contributed by atoms with Crippen molar-refractivity contribution in [1.29, 1.82) is 0 Å². The lowest BCUT2D eigenvalue weighted by atomic mass is 10.3. The Morgan fingerprint density at radius 3 is 2.47 bits per heavy atom. The maximum absolute atomic E-state index is 12.0. The Balaban J connectivity index is 3.16. The number of halogens is 2. The van der Waals surface area contributed by atoms with Gasteiger partial charge in [-0.1, -0.05) is 12.2 Å². The van der Waals surface area contributed by atoms with E-state index in [2.05, 4.69) is 36.6 Å². The highest BCUT2D eigenvalue weighted by Gasteiger charge is 2.24. The van der Waals surface area contributed by atoms with Crippen molar-refractivity contribution >= 4 is 64.8 Å². The van der Waals surface area contributed by atoms with Crippen LogP contribution in [0.3, 0.4) is 0 Å². The molecule has 0 heterocycles. The van der Waals surface area contributed by atoms with E-state index in [1.165, 1.54) is 14.0 Å². The molecule has 0 radical (unpaired) electrons. The van der Waals surface area contributed by atoms with E-state index in [9.17, 15) is 8.42 Å². The number of nitrogens with two attached hydrogens (primary N) is 1. The van der Waals surface area contributed by atoms with Gasteiger partial charge in [0.1, 0.15) is 11.0 Å². The van der Waals surface area contributed by atoms with E-state index in [1.807, 2.05) is 0 Å². The number of nitrogens with one attached hydrogen (secondary N) is 1. The van der Waals surface area contributed by atoms with Crippen molar-refractivity contribution in [2.24, 2.45) is 5.73 Å². The molecule has 0 aliphatic heterocycles. The van der Waals surface area contributed by atoms with Crippen LogP contribution in [0.4, 0.5) is 5.69 Å². The molecule has 0 amide bonds. The Hall–Kier alpha value is -0.380. The smallest absolute Gasteiger partial charge is 0.241 e. The maximum Gasteiger partial charge on any atom is 0.241 e. The molecule has 19 heavy (non-hydrogen) atoms. The molecule has 3 N–H and O–H groups in total. The standard InChI is InChI=1S/C10H12Br2N2O3S2/c1-5(10(13)18)19(15,16)14-8-4-9(17-2)7(12)3-6(8)11/h3-5,14H,1-2H3,(H2,13,18). The first-order chi connectivity index (χ1) is 8.69. The van der Waals surface area contributed by atoms with Gasteiger partial charge in [0.25, 0.3) is 0 Å². The molecule has 0 bridgehead atoms. The van der Waals surface area contributed by atoms with Crippen molar-refractivity contribution in [1.82, 2.24) is 0 Å². The molecule has 1 unspecified atom stereocenters. The van der Waals surface area contributed by atoms with Crippen molar-refractivity contribution in [3.63, 3.8) is 0 Å². The Kier molecular flexibility index (Phi) is 5.60. The summed E-state index contributed by atoms with van der Waals surface area (Å²) in [6.07, 6.45) is 0. The van der Waals surface area contributed by atoms with E-state index in [0.717, 1.165) is 0 Å². The lowest BCUT2D eigenvalue weighted by Crippen LogP contribution is -2.35. The van der Waals surface area contributed by atoms with Gasteiger partial charge in [-0.3, -0.25) is 4.72 Å². The normalized spacial score (nSPS) is 12.8. The van der Waals surface area contributed by atoms with Gasteiger partial charge in [-0.05, 0) is 44.8 Å². The van der Waals surface area contributed by atoms with Gasteiger partial charge in [0, 0.05) is 10.5 Å². The Morgan fingerprint density at radius 1 is 1.42 bits per heavy atom.